The number of thiocarbonyl (C=S) groups is 2. The Bertz CT molecular complexity index is 1660. The molecule has 0 N–H and O–H groups in total. The summed E-state index contributed by atoms with van der Waals surface area (Å²) in [6.45, 7) is 11.2. The average molecular weight is 831 g/mol. The molecule has 0 bridgehead atoms. The third kappa shape index (κ3) is 21.7. The van der Waals surface area contributed by atoms with Gasteiger partial charge in [-0.1, -0.05) is 42.6 Å². The second-order valence-electron chi connectivity index (χ2n) is 11.9. The molecule has 0 spiro atoms. The van der Waals surface area contributed by atoms with Crippen LogP contribution in [0.2, 0.25) is 0 Å². The van der Waals surface area contributed by atoms with E-state index in [1.807, 2.05) is 69.4 Å². The van der Waals surface area contributed by atoms with Crippen LogP contribution in [0.1, 0.15) is 59.3 Å². The lowest BCUT2D eigenvalue weighted by Crippen LogP contribution is -2.22. The van der Waals surface area contributed by atoms with Crippen molar-refractivity contribution in [3.63, 3.8) is 0 Å². The molecule has 0 aliphatic rings. The van der Waals surface area contributed by atoms with Gasteiger partial charge in [-0.05, 0) is 38.3 Å². The Morgan fingerprint density at radius 2 is 1.02 bits per heavy atom. The van der Waals surface area contributed by atoms with Crippen molar-refractivity contribution >= 4 is 62.6 Å². The zero-order chi connectivity index (χ0) is 41.6. The molecule has 0 aromatic carbocycles. The number of rotatable bonds is 22. The molecule has 56 heavy (non-hydrogen) atoms. The van der Waals surface area contributed by atoms with Gasteiger partial charge >= 0.3 is 0 Å². The number of hydrogen-bond donors (Lipinski definition) is 0. The number of Topliss-reactive ketones (excluding diaryl/α,β-unsaturated/α-hetero) is 1. The first-order chi connectivity index (χ1) is 27.0. The maximum absolute atomic E-state index is 11.2. The molecule has 0 saturated heterocycles. The first kappa shape index (κ1) is 50.6. The summed E-state index contributed by atoms with van der Waals surface area (Å²) in [5, 5.41) is 0. The van der Waals surface area contributed by atoms with Crippen LogP contribution in [0.15, 0.2) is 65.0 Å². The van der Waals surface area contributed by atoms with Gasteiger partial charge in [0.15, 0.2) is 5.78 Å². The highest BCUT2D eigenvalue weighted by atomic mass is 32.2. The summed E-state index contributed by atoms with van der Waals surface area (Å²) in [6, 6.07) is 11.4. The summed E-state index contributed by atoms with van der Waals surface area (Å²) in [4.78, 5) is 35.7. The number of carbonyl (C=O) groups excluding carboxylic acids is 1. The van der Waals surface area contributed by atoms with Crippen molar-refractivity contribution < 1.29 is 33.2 Å². The first-order valence-electron chi connectivity index (χ1n) is 17.8. The minimum absolute atomic E-state index is 0.0408. The molecule has 0 unspecified atom stereocenters. The Morgan fingerprint density at radius 1 is 0.643 bits per heavy atom. The van der Waals surface area contributed by atoms with Crippen LogP contribution >= 0.6 is 36.2 Å². The van der Waals surface area contributed by atoms with Crippen molar-refractivity contribution in [2.45, 2.75) is 40.6 Å². The van der Waals surface area contributed by atoms with Gasteiger partial charge in [-0.25, -0.2) is 0 Å². The Hall–Kier alpha value is -3.45. The molecule has 16 heteroatoms. The molecular weight excluding hydrogens is 773 g/mol. The van der Waals surface area contributed by atoms with Crippen molar-refractivity contribution in [2.24, 2.45) is 9.98 Å². The van der Waals surface area contributed by atoms with Gasteiger partial charge in [-0.15, -0.1) is 11.8 Å². The number of nitrogens with zero attached hydrogens (tertiary/aromatic N) is 6. The van der Waals surface area contributed by atoms with Gasteiger partial charge in [0.1, 0.15) is 5.69 Å². The van der Waals surface area contributed by atoms with E-state index in [2.05, 4.69) is 24.9 Å². The zero-order valence-electron chi connectivity index (χ0n) is 34.2. The highest BCUT2D eigenvalue weighted by molar-refractivity contribution is 8.22. The molecule has 13 nitrogen and oxygen atoms in total. The summed E-state index contributed by atoms with van der Waals surface area (Å²) < 4.78 is 32.1. The smallest absolute Gasteiger partial charge is 0.178 e. The van der Waals surface area contributed by atoms with Crippen LogP contribution in [0.4, 0.5) is 0 Å². The van der Waals surface area contributed by atoms with Crippen LogP contribution in [0.3, 0.4) is 0 Å². The number of ether oxygens (including phenoxy) is 6. The molecular formula is C40H58N6O7S3. The van der Waals surface area contributed by atoms with E-state index in [0.717, 1.165) is 48.7 Å². The normalized spacial score (nSPS) is 11.2. The predicted octanol–water partition coefficient (Wildman–Crippen LogP) is 6.13. The number of hydrogen-bond acceptors (Lipinski definition) is 15. The van der Waals surface area contributed by atoms with Crippen LogP contribution < -0.4 is 0 Å². The summed E-state index contributed by atoms with van der Waals surface area (Å²) in [6.07, 6.45) is 7.09. The fourth-order valence-corrected chi connectivity index (χ4v) is 4.65. The summed E-state index contributed by atoms with van der Waals surface area (Å²) in [5.74, 6) is -0.0408. The van der Waals surface area contributed by atoms with Crippen molar-refractivity contribution in [3.05, 3.63) is 88.8 Å². The zero-order valence-corrected chi connectivity index (χ0v) is 36.7. The monoisotopic (exact) mass is 830 g/mol. The maximum atomic E-state index is 11.2. The van der Waals surface area contributed by atoms with Crippen LogP contribution in [-0.4, -0.2) is 141 Å². The van der Waals surface area contributed by atoms with E-state index in [1.165, 1.54) is 6.92 Å². The van der Waals surface area contributed by atoms with E-state index in [0.29, 0.717) is 78.2 Å². The number of ketones is 1. The highest BCUT2D eigenvalue weighted by Crippen LogP contribution is 2.11. The van der Waals surface area contributed by atoms with Gasteiger partial charge in [-0.2, -0.15) is 0 Å². The molecule has 3 heterocycles. The lowest BCUT2D eigenvalue weighted by Gasteiger charge is -2.12. The fourth-order valence-electron chi connectivity index (χ4n) is 4.33. The molecule has 0 aliphatic heterocycles. The summed E-state index contributed by atoms with van der Waals surface area (Å²) in [5.41, 5.74) is 6.82. The van der Waals surface area contributed by atoms with Gasteiger partial charge in [0.05, 0.1) is 105 Å². The molecule has 0 amide bonds. The van der Waals surface area contributed by atoms with Crippen molar-refractivity contribution in [3.8, 4) is 0 Å². The number of pyridine rings is 3. The van der Waals surface area contributed by atoms with E-state index in [1.54, 1.807) is 57.7 Å². The van der Waals surface area contributed by atoms with Crippen LogP contribution in [0.5, 0.6) is 0 Å². The van der Waals surface area contributed by atoms with Crippen LogP contribution in [0, 0.1) is 0 Å². The molecule has 0 atom stereocenters. The second kappa shape index (κ2) is 31.6. The van der Waals surface area contributed by atoms with Crippen molar-refractivity contribution in [2.75, 3.05) is 94.4 Å². The van der Waals surface area contributed by atoms with Gasteiger partial charge in [-0.3, -0.25) is 29.7 Å². The Balaban J connectivity index is 0.000000426. The standard InChI is InChI=1S/C15H23N3O2S.C14H20N2O2S2.C11H15NO3/c1-12(17-10-14(21)18(2)3)15-13(6-5-7-16-15)11-20-9-8-19-4;1-11(16-9-13(19)20-3)14-12(5-4-6-15-14)10-18-8-7-17-2;1-9(13)11-10(4-3-5-12-11)8-15-7-6-14-2/h5-7H,8-11H2,1-4H3;4-6H,7-10H2,1-3H3;3-5H,6-8H2,1-2H3. The van der Waals surface area contributed by atoms with E-state index >= 15 is 0 Å². The topological polar surface area (TPSA) is 139 Å². The number of aliphatic imine (C=N–C) groups is 2. The molecule has 3 rings (SSSR count). The minimum Gasteiger partial charge on any atom is -0.382 e. The molecule has 3 aromatic rings. The Labute approximate surface area is 348 Å². The van der Waals surface area contributed by atoms with Crippen molar-refractivity contribution in [1.82, 2.24) is 19.9 Å². The molecule has 0 saturated carbocycles. The molecule has 0 radical (unpaired) electrons. The van der Waals surface area contributed by atoms with E-state index < -0.39 is 0 Å². The lowest BCUT2D eigenvalue weighted by atomic mass is 10.1. The molecule has 0 aliphatic carbocycles. The minimum atomic E-state index is -0.0408. The maximum Gasteiger partial charge on any atom is 0.178 e. The van der Waals surface area contributed by atoms with Gasteiger partial charge < -0.3 is 33.3 Å². The number of thioether (sulfide) groups is 1. The van der Waals surface area contributed by atoms with E-state index in [4.69, 9.17) is 52.9 Å². The van der Waals surface area contributed by atoms with Gasteiger partial charge in [0.2, 0.25) is 0 Å². The summed E-state index contributed by atoms with van der Waals surface area (Å²) >= 11 is 11.9. The van der Waals surface area contributed by atoms with Crippen LogP contribution in [0.25, 0.3) is 0 Å². The van der Waals surface area contributed by atoms with Gasteiger partial charge in [0, 0.05) is 77.6 Å². The number of methoxy groups -OCH3 is 3. The quantitative estimate of drug-likeness (QED) is 0.0496. The summed E-state index contributed by atoms with van der Waals surface area (Å²) in [7, 11) is 8.77. The van der Waals surface area contributed by atoms with Gasteiger partial charge in [0.25, 0.3) is 0 Å². The molecule has 0 fully saturated rings. The predicted molar refractivity (Wildman–Crippen MR) is 234 cm³/mol. The number of likely N-dealkylation sites (N-methyl/N-ethyl adjacent to an activating group) is 1. The first-order valence-corrected chi connectivity index (χ1v) is 19.9. The third-order valence-electron chi connectivity index (χ3n) is 7.38. The lowest BCUT2D eigenvalue weighted by molar-refractivity contribution is 0.0610. The average Bonchev–Trinajstić information content (AvgIpc) is 3.21. The Kier molecular flexibility index (Phi) is 28.5. The molecule has 308 valence electrons. The number of carbonyl (C=O) groups is 1. The molecule has 3 aromatic heterocycles. The fraction of sp³-hybridized carbons (Fsp3) is 0.500. The largest absolute Gasteiger partial charge is 0.382 e. The third-order valence-corrected chi connectivity index (χ3v) is 9.09. The van der Waals surface area contributed by atoms with Crippen LogP contribution in [-0.2, 0) is 48.2 Å². The van der Waals surface area contributed by atoms with E-state index in [-0.39, 0.29) is 5.78 Å². The number of aromatic nitrogens is 3. The van der Waals surface area contributed by atoms with Crippen molar-refractivity contribution in [1.29, 1.82) is 0 Å². The Morgan fingerprint density at radius 3 is 1.38 bits per heavy atom. The van der Waals surface area contributed by atoms with E-state index in [9.17, 15) is 4.79 Å². The SMILES string of the molecule is COCCOCc1cccnc1C(C)=NCC(=S)N(C)C.COCCOCc1cccnc1C(C)=NCC(=S)SC.COCCOCc1cccnc1C(C)=O. The second-order valence-corrected chi connectivity index (χ2v) is 14.0. The highest BCUT2D eigenvalue weighted by Gasteiger charge is 2.10.